The fourth-order valence-corrected chi connectivity index (χ4v) is 4.43. The normalized spacial score (nSPS) is 18.5. The molecule has 0 saturated carbocycles. The van der Waals surface area contributed by atoms with Gasteiger partial charge in [0, 0.05) is 25.2 Å². The molecule has 0 aliphatic carbocycles. The number of hydrogen-bond donors (Lipinski definition) is 1. The lowest BCUT2D eigenvalue weighted by Gasteiger charge is -2.34. The number of nitrogens with zero attached hydrogens (tertiary/aromatic N) is 2. The molecule has 7 heteroatoms. The quantitative estimate of drug-likeness (QED) is 0.879. The molecule has 2 heterocycles. The second kappa shape index (κ2) is 6.48. The van der Waals surface area contributed by atoms with Crippen molar-refractivity contribution in [3.63, 3.8) is 0 Å². The van der Waals surface area contributed by atoms with Crippen LogP contribution in [0.15, 0.2) is 15.4 Å². The fourth-order valence-electron chi connectivity index (χ4n) is 2.78. The Bertz CT molecular complexity index is 572. The highest BCUT2D eigenvalue weighted by molar-refractivity contribution is 7.89. The van der Waals surface area contributed by atoms with E-state index in [4.69, 9.17) is 4.42 Å². The second-order valence-corrected chi connectivity index (χ2v) is 7.67. The number of hydrogen-bond acceptors (Lipinski definition) is 5. The van der Waals surface area contributed by atoms with E-state index in [1.165, 1.54) is 0 Å². The molecular weight excluding hydrogens is 290 g/mol. The van der Waals surface area contributed by atoms with E-state index in [0.717, 1.165) is 12.8 Å². The summed E-state index contributed by atoms with van der Waals surface area (Å²) in [6.07, 6.45) is 1.74. The molecule has 21 heavy (non-hydrogen) atoms. The molecule has 0 unspecified atom stereocenters. The number of nitrogens with one attached hydrogen (secondary N) is 1. The third-order valence-electron chi connectivity index (χ3n) is 4.05. The highest BCUT2D eigenvalue weighted by Crippen LogP contribution is 2.26. The van der Waals surface area contributed by atoms with E-state index in [1.54, 1.807) is 24.3 Å². The van der Waals surface area contributed by atoms with Gasteiger partial charge in [0.25, 0.3) is 0 Å². The maximum Gasteiger partial charge on any atom is 0.246 e. The van der Waals surface area contributed by atoms with Crippen LogP contribution in [0.2, 0.25) is 0 Å². The van der Waals surface area contributed by atoms with Gasteiger partial charge in [-0.05, 0) is 40.9 Å². The SMILES string of the molecule is CNCc1cc(S(=O)(=O)N2CCC(N(C)C)CC2)c(C)o1. The standard InChI is InChI=1S/C14H25N3O3S/c1-11-14(9-13(20-11)10-15-2)21(18,19)17-7-5-12(6-8-17)16(3)4/h9,12,15H,5-8,10H2,1-4H3. The van der Waals surface area contributed by atoms with Gasteiger partial charge in [0.05, 0.1) is 6.54 Å². The van der Waals surface area contributed by atoms with E-state index < -0.39 is 10.0 Å². The highest BCUT2D eigenvalue weighted by atomic mass is 32.2. The largest absolute Gasteiger partial charge is 0.464 e. The molecule has 0 aromatic carbocycles. The molecule has 0 bridgehead atoms. The Kier molecular flexibility index (Phi) is 5.08. The van der Waals surface area contributed by atoms with Crippen LogP contribution >= 0.6 is 0 Å². The first kappa shape index (κ1) is 16.5. The van der Waals surface area contributed by atoms with Gasteiger partial charge >= 0.3 is 0 Å². The van der Waals surface area contributed by atoms with Crippen LogP contribution in [0.3, 0.4) is 0 Å². The van der Waals surface area contributed by atoms with Gasteiger partial charge < -0.3 is 14.6 Å². The number of piperidine rings is 1. The smallest absolute Gasteiger partial charge is 0.246 e. The van der Waals surface area contributed by atoms with Gasteiger partial charge in [-0.3, -0.25) is 0 Å². The van der Waals surface area contributed by atoms with Crippen molar-refractivity contribution < 1.29 is 12.8 Å². The van der Waals surface area contributed by atoms with Crippen molar-refractivity contribution >= 4 is 10.0 Å². The number of furan rings is 1. The zero-order valence-corrected chi connectivity index (χ0v) is 14.0. The molecule has 0 spiro atoms. The Labute approximate surface area is 127 Å². The van der Waals surface area contributed by atoms with Gasteiger partial charge in [-0.2, -0.15) is 4.31 Å². The summed E-state index contributed by atoms with van der Waals surface area (Å²) in [5, 5.41) is 2.97. The van der Waals surface area contributed by atoms with Crippen LogP contribution in [0.1, 0.15) is 24.4 Å². The van der Waals surface area contributed by atoms with Gasteiger partial charge in [0.15, 0.2) is 0 Å². The Morgan fingerprint density at radius 3 is 2.52 bits per heavy atom. The van der Waals surface area contributed by atoms with Crippen LogP contribution in [0.25, 0.3) is 0 Å². The second-order valence-electron chi connectivity index (χ2n) is 5.76. The Balaban J connectivity index is 2.15. The van der Waals surface area contributed by atoms with E-state index in [-0.39, 0.29) is 0 Å². The minimum absolute atomic E-state index is 0.302. The average Bonchev–Trinajstić information content (AvgIpc) is 2.81. The van der Waals surface area contributed by atoms with Crippen LogP contribution in [0.5, 0.6) is 0 Å². The average molecular weight is 315 g/mol. The van der Waals surface area contributed by atoms with E-state index in [2.05, 4.69) is 10.2 Å². The van der Waals surface area contributed by atoms with Crippen LogP contribution < -0.4 is 5.32 Å². The molecule has 1 N–H and O–H groups in total. The Morgan fingerprint density at radius 2 is 2.00 bits per heavy atom. The topological polar surface area (TPSA) is 65.8 Å². The maximum atomic E-state index is 12.7. The first-order valence-electron chi connectivity index (χ1n) is 7.26. The van der Waals surface area contributed by atoms with Crippen molar-refractivity contribution in [1.29, 1.82) is 0 Å². The van der Waals surface area contributed by atoms with Crippen LogP contribution in [0.4, 0.5) is 0 Å². The summed E-state index contributed by atoms with van der Waals surface area (Å²) >= 11 is 0. The van der Waals surface area contributed by atoms with E-state index in [9.17, 15) is 8.42 Å². The molecule has 1 aromatic rings. The van der Waals surface area contributed by atoms with Crippen molar-refractivity contribution in [2.45, 2.75) is 37.2 Å². The van der Waals surface area contributed by atoms with Crippen LogP contribution in [0, 0.1) is 6.92 Å². The first-order valence-corrected chi connectivity index (χ1v) is 8.70. The lowest BCUT2D eigenvalue weighted by Crippen LogP contribution is -2.44. The van der Waals surface area contributed by atoms with Crippen molar-refractivity contribution in [3.8, 4) is 0 Å². The minimum Gasteiger partial charge on any atom is -0.464 e. The van der Waals surface area contributed by atoms with Crippen molar-refractivity contribution in [2.24, 2.45) is 0 Å². The molecule has 1 saturated heterocycles. The molecule has 1 aromatic heterocycles. The van der Waals surface area contributed by atoms with Gasteiger partial charge in [0.2, 0.25) is 10.0 Å². The third kappa shape index (κ3) is 3.48. The minimum atomic E-state index is -3.45. The summed E-state index contributed by atoms with van der Waals surface area (Å²) < 4.78 is 32.6. The Morgan fingerprint density at radius 1 is 1.38 bits per heavy atom. The predicted octanol–water partition coefficient (Wildman–Crippen LogP) is 1.02. The highest BCUT2D eigenvalue weighted by Gasteiger charge is 2.32. The fraction of sp³-hybridized carbons (Fsp3) is 0.714. The molecule has 0 atom stereocenters. The van der Waals surface area contributed by atoms with E-state index >= 15 is 0 Å². The predicted molar refractivity (Wildman–Crippen MR) is 81.7 cm³/mol. The summed E-state index contributed by atoms with van der Waals surface area (Å²) in [6.45, 7) is 3.37. The summed E-state index contributed by atoms with van der Waals surface area (Å²) in [7, 11) is 2.44. The molecular formula is C14H25N3O3S. The summed E-state index contributed by atoms with van der Waals surface area (Å²) in [6, 6.07) is 2.10. The zero-order chi connectivity index (χ0) is 15.6. The van der Waals surface area contributed by atoms with E-state index in [0.29, 0.717) is 42.1 Å². The van der Waals surface area contributed by atoms with Crippen molar-refractivity contribution in [2.75, 3.05) is 34.2 Å². The van der Waals surface area contributed by atoms with Crippen LogP contribution in [-0.4, -0.2) is 57.9 Å². The summed E-state index contributed by atoms with van der Waals surface area (Å²) in [4.78, 5) is 2.47. The molecule has 1 fully saturated rings. The molecule has 1 aliphatic heterocycles. The number of rotatable bonds is 5. The van der Waals surface area contributed by atoms with E-state index in [1.807, 2.05) is 14.1 Å². The lowest BCUT2D eigenvalue weighted by atomic mass is 10.1. The monoisotopic (exact) mass is 315 g/mol. The van der Waals surface area contributed by atoms with Crippen molar-refractivity contribution in [1.82, 2.24) is 14.5 Å². The van der Waals surface area contributed by atoms with Gasteiger partial charge in [0.1, 0.15) is 16.4 Å². The van der Waals surface area contributed by atoms with Crippen LogP contribution in [-0.2, 0) is 16.6 Å². The zero-order valence-electron chi connectivity index (χ0n) is 13.2. The van der Waals surface area contributed by atoms with Crippen molar-refractivity contribution in [3.05, 3.63) is 17.6 Å². The molecule has 0 radical (unpaired) electrons. The summed E-state index contributed by atoms with van der Waals surface area (Å²) in [5.74, 6) is 1.12. The van der Waals surface area contributed by atoms with Gasteiger partial charge in [-0.25, -0.2) is 8.42 Å². The first-order chi connectivity index (χ1) is 9.86. The number of sulfonamides is 1. The molecule has 1 aliphatic rings. The van der Waals surface area contributed by atoms with Gasteiger partial charge in [-0.1, -0.05) is 0 Å². The van der Waals surface area contributed by atoms with Gasteiger partial charge in [-0.15, -0.1) is 0 Å². The molecule has 0 amide bonds. The lowest BCUT2D eigenvalue weighted by molar-refractivity contribution is 0.196. The molecule has 2 rings (SSSR count). The number of aryl methyl sites for hydroxylation is 1. The molecule has 6 nitrogen and oxygen atoms in total. The summed E-state index contributed by atoms with van der Waals surface area (Å²) in [5.41, 5.74) is 0. The Hall–Kier alpha value is -0.890. The maximum absolute atomic E-state index is 12.7. The molecule has 120 valence electrons. The third-order valence-corrected chi connectivity index (χ3v) is 6.05.